The molecule has 1 saturated heterocycles. The normalized spacial score (nSPS) is 23.5. The Kier molecular flexibility index (Phi) is 4.08. The molecule has 5 rings (SSSR count). The molecule has 136 valence electrons. The Morgan fingerprint density at radius 1 is 1.04 bits per heavy atom. The topological polar surface area (TPSA) is 63.9 Å². The van der Waals surface area contributed by atoms with E-state index in [2.05, 4.69) is 15.0 Å². The molecule has 2 aliphatic carbocycles. The third kappa shape index (κ3) is 3.43. The van der Waals surface area contributed by atoms with Crippen LogP contribution in [0.15, 0.2) is 29.2 Å². The molecular formula is C20H25N5O. The average molecular weight is 351 g/mol. The molecule has 6 heteroatoms. The minimum Gasteiger partial charge on any atom is -0.293 e. The van der Waals surface area contributed by atoms with Crippen LogP contribution in [0.2, 0.25) is 0 Å². The molecule has 0 radical (unpaired) electrons. The van der Waals surface area contributed by atoms with Crippen molar-refractivity contribution in [2.24, 2.45) is 0 Å². The summed E-state index contributed by atoms with van der Waals surface area (Å²) in [5.41, 5.74) is 2.19. The van der Waals surface area contributed by atoms with Crippen molar-refractivity contribution < 1.29 is 0 Å². The minimum atomic E-state index is 0.0132. The van der Waals surface area contributed by atoms with Gasteiger partial charge in [0, 0.05) is 36.7 Å². The van der Waals surface area contributed by atoms with Crippen LogP contribution >= 0.6 is 0 Å². The van der Waals surface area contributed by atoms with E-state index < -0.39 is 0 Å². The third-order valence-electron chi connectivity index (χ3n) is 5.81. The standard InChI is InChI=1S/C20H25N5O/c26-19-8-7-18(14-3-4-14)23-25(19)13-17-2-1-11-24(17)12-16-9-10-21-20(22-16)15-5-6-15/h7-10,14-15,17H,1-6,11-13H2. The largest absolute Gasteiger partial charge is 0.293 e. The summed E-state index contributed by atoms with van der Waals surface area (Å²) in [7, 11) is 0. The van der Waals surface area contributed by atoms with Crippen LogP contribution in [0.5, 0.6) is 0 Å². The monoisotopic (exact) mass is 351 g/mol. The van der Waals surface area contributed by atoms with Crippen molar-refractivity contribution in [3.8, 4) is 0 Å². The van der Waals surface area contributed by atoms with Gasteiger partial charge in [0.25, 0.3) is 5.56 Å². The van der Waals surface area contributed by atoms with Crippen molar-refractivity contribution in [1.82, 2.24) is 24.6 Å². The molecule has 3 fully saturated rings. The van der Waals surface area contributed by atoms with Crippen LogP contribution in [0.25, 0.3) is 0 Å². The molecule has 3 aliphatic rings. The summed E-state index contributed by atoms with van der Waals surface area (Å²) in [5.74, 6) is 2.16. The predicted octanol–water partition coefficient (Wildman–Crippen LogP) is 2.45. The highest BCUT2D eigenvalue weighted by molar-refractivity contribution is 5.13. The van der Waals surface area contributed by atoms with Crippen molar-refractivity contribution in [3.05, 3.63) is 52.0 Å². The summed E-state index contributed by atoms with van der Waals surface area (Å²) < 4.78 is 1.69. The van der Waals surface area contributed by atoms with Gasteiger partial charge in [-0.2, -0.15) is 5.10 Å². The first-order chi connectivity index (χ1) is 12.8. The van der Waals surface area contributed by atoms with Crippen LogP contribution in [0, 0.1) is 0 Å². The van der Waals surface area contributed by atoms with Crippen molar-refractivity contribution in [1.29, 1.82) is 0 Å². The quantitative estimate of drug-likeness (QED) is 0.800. The van der Waals surface area contributed by atoms with Gasteiger partial charge in [0.2, 0.25) is 0 Å². The second-order valence-electron chi connectivity index (χ2n) is 8.00. The average Bonchev–Trinajstić information content (AvgIpc) is 3.56. The molecule has 2 aromatic rings. The third-order valence-corrected chi connectivity index (χ3v) is 5.81. The molecule has 2 aromatic heterocycles. The SMILES string of the molecule is O=c1ccc(C2CC2)nn1CC1CCCN1Cc1ccnc(C2CC2)n1. The maximum absolute atomic E-state index is 12.3. The minimum absolute atomic E-state index is 0.0132. The molecule has 0 spiro atoms. The summed E-state index contributed by atoms with van der Waals surface area (Å²) >= 11 is 0. The molecular weight excluding hydrogens is 326 g/mol. The Labute approximate surface area is 153 Å². The fraction of sp³-hybridized carbons (Fsp3) is 0.600. The van der Waals surface area contributed by atoms with Gasteiger partial charge in [0.05, 0.1) is 17.9 Å². The van der Waals surface area contributed by atoms with Crippen molar-refractivity contribution in [2.45, 2.75) is 69.5 Å². The summed E-state index contributed by atoms with van der Waals surface area (Å²) in [6.45, 7) is 2.58. The number of likely N-dealkylation sites (tertiary alicyclic amines) is 1. The molecule has 1 unspecified atom stereocenters. The van der Waals surface area contributed by atoms with Gasteiger partial charge in [-0.25, -0.2) is 14.6 Å². The van der Waals surface area contributed by atoms with E-state index in [1.165, 1.54) is 32.1 Å². The number of hydrogen-bond donors (Lipinski definition) is 0. The predicted molar refractivity (Wildman–Crippen MR) is 97.9 cm³/mol. The van der Waals surface area contributed by atoms with E-state index in [0.717, 1.165) is 36.7 Å². The number of aromatic nitrogens is 4. The fourth-order valence-corrected chi connectivity index (χ4v) is 3.95. The van der Waals surface area contributed by atoms with Gasteiger partial charge in [-0.3, -0.25) is 9.69 Å². The molecule has 1 atom stereocenters. The Morgan fingerprint density at radius 2 is 1.88 bits per heavy atom. The Bertz CT molecular complexity index is 855. The summed E-state index contributed by atoms with van der Waals surface area (Å²) in [5, 5.41) is 4.64. The van der Waals surface area contributed by atoms with Crippen LogP contribution in [0.4, 0.5) is 0 Å². The van der Waals surface area contributed by atoms with E-state index in [1.54, 1.807) is 10.7 Å². The van der Waals surface area contributed by atoms with Gasteiger partial charge in [-0.15, -0.1) is 0 Å². The molecule has 0 amide bonds. The van der Waals surface area contributed by atoms with E-state index in [4.69, 9.17) is 4.98 Å². The summed E-state index contributed by atoms with van der Waals surface area (Å²) in [6.07, 6.45) is 9.04. The second-order valence-corrected chi connectivity index (χ2v) is 8.00. The van der Waals surface area contributed by atoms with E-state index in [-0.39, 0.29) is 5.56 Å². The van der Waals surface area contributed by atoms with E-state index >= 15 is 0 Å². The molecule has 0 bridgehead atoms. The van der Waals surface area contributed by atoms with Crippen LogP contribution in [-0.2, 0) is 13.1 Å². The van der Waals surface area contributed by atoms with Crippen LogP contribution in [-0.4, -0.2) is 37.2 Å². The Balaban J connectivity index is 1.30. The van der Waals surface area contributed by atoms with Gasteiger partial charge in [-0.1, -0.05) is 0 Å². The van der Waals surface area contributed by atoms with E-state index in [1.807, 2.05) is 18.3 Å². The lowest BCUT2D eigenvalue weighted by Crippen LogP contribution is -2.37. The van der Waals surface area contributed by atoms with Gasteiger partial charge in [-0.05, 0) is 57.2 Å². The second kappa shape index (κ2) is 6.58. The van der Waals surface area contributed by atoms with Crippen LogP contribution in [0.1, 0.15) is 67.6 Å². The molecule has 2 saturated carbocycles. The van der Waals surface area contributed by atoms with Crippen molar-refractivity contribution in [2.75, 3.05) is 6.54 Å². The lowest BCUT2D eigenvalue weighted by Gasteiger charge is -2.24. The molecule has 0 aromatic carbocycles. The zero-order valence-electron chi connectivity index (χ0n) is 15.0. The number of hydrogen-bond acceptors (Lipinski definition) is 5. The van der Waals surface area contributed by atoms with Gasteiger partial charge >= 0.3 is 0 Å². The number of rotatable bonds is 6. The lowest BCUT2D eigenvalue weighted by atomic mass is 10.2. The summed E-state index contributed by atoms with van der Waals surface area (Å²) in [6, 6.07) is 5.98. The zero-order valence-corrected chi connectivity index (χ0v) is 15.0. The molecule has 0 N–H and O–H groups in total. The molecule has 3 heterocycles. The van der Waals surface area contributed by atoms with E-state index in [9.17, 15) is 4.79 Å². The summed E-state index contributed by atoms with van der Waals surface area (Å²) in [4.78, 5) is 23.9. The Hall–Kier alpha value is -2.08. The zero-order chi connectivity index (χ0) is 17.5. The first-order valence-electron chi connectivity index (χ1n) is 9.90. The lowest BCUT2D eigenvalue weighted by molar-refractivity contribution is 0.213. The highest BCUT2D eigenvalue weighted by Crippen LogP contribution is 2.38. The smallest absolute Gasteiger partial charge is 0.266 e. The first-order valence-corrected chi connectivity index (χ1v) is 9.90. The van der Waals surface area contributed by atoms with Crippen molar-refractivity contribution >= 4 is 0 Å². The highest BCUT2D eigenvalue weighted by atomic mass is 16.1. The van der Waals surface area contributed by atoms with E-state index in [0.29, 0.717) is 24.4 Å². The fourth-order valence-electron chi connectivity index (χ4n) is 3.95. The van der Waals surface area contributed by atoms with Gasteiger partial charge < -0.3 is 0 Å². The van der Waals surface area contributed by atoms with Crippen LogP contribution < -0.4 is 5.56 Å². The van der Waals surface area contributed by atoms with Crippen molar-refractivity contribution in [3.63, 3.8) is 0 Å². The highest BCUT2D eigenvalue weighted by Gasteiger charge is 2.29. The molecule has 6 nitrogen and oxygen atoms in total. The maximum atomic E-state index is 12.3. The maximum Gasteiger partial charge on any atom is 0.266 e. The molecule has 1 aliphatic heterocycles. The van der Waals surface area contributed by atoms with Crippen LogP contribution in [0.3, 0.4) is 0 Å². The molecule has 26 heavy (non-hydrogen) atoms. The number of nitrogens with zero attached hydrogens (tertiary/aromatic N) is 5. The van der Waals surface area contributed by atoms with Gasteiger partial charge in [0.15, 0.2) is 0 Å². The van der Waals surface area contributed by atoms with Gasteiger partial charge in [0.1, 0.15) is 5.82 Å². The first kappa shape index (κ1) is 16.1. The Morgan fingerprint density at radius 3 is 2.69 bits per heavy atom.